The van der Waals surface area contributed by atoms with Gasteiger partial charge in [0.25, 0.3) is 5.91 Å². The molecule has 2 aromatic carbocycles. The van der Waals surface area contributed by atoms with E-state index in [0.29, 0.717) is 17.3 Å². The highest BCUT2D eigenvalue weighted by Crippen LogP contribution is 2.28. The molecule has 0 aromatic heterocycles. The number of rotatable bonds is 7. The lowest BCUT2D eigenvalue weighted by molar-refractivity contribution is -0.112. The molecule has 0 saturated carbocycles. The number of carbonyl (C=O) groups is 1. The molecule has 140 valence electrons. The highest BCUT2D eigenvalue weighted by molar-refractivity contribution is 6.34. The van der Waals surface area contributed by atoms with E-state index in [-0.39, 0.29) is 5.57 Å². The molecule has 0 aliphatic heterocycles. The summed E-state index contributed by atoms with van der Waals surface area (Å²) in [5.41, 5.74) is 3.13. The summed E-state index contributed by atoms with van der Waals surface area (Å²) in [6, 6.07) is 12.9. The molecule has 0 heterocycles. The fourth-order valence-corrected chi connectivity index (χ4v) is 2.93. The van der Waals surface area contributed by atoms with Crippen LogP contribution in [-0.2, 0) is 4.79 Å². The van der Waals surface area contributed by atoms with E-state index in [4.69, 9.17) is 16.3 Å². The van der Waals surface area contributed by atoms with Crippen LogP contribution < -0.4 is 10.1 Å². The Labute approximate surface area is 165 Å². The number of halogens is 1. The summed E-state index contributed by atoms with van der Waals surface area (Å²) in [4.78, 5) is 12.5. The summed E-state index contributed by atoms with van der Waals surface area (Å²) >= 11 is 6.23. The maximum Gasteiger partial charge on any atom is 0.266 e. The number of unbranched alkanes of at least 4 members (excludes halogenated alkanes) is 1. The molecule has 0 unspecified atom stereocenters. The Bertz CT molecular complexity index is 857. The monoisotopic (exact) mass is 382 g/mol. The Balaban J connectivity index is 2.14. The third-order valence-corrected chi connectivity index (χ3v) is 4.29. The normalized spacial score (nSPS) is 11.0. The van der Waals surface area contributed by atoms with Crippen molar-refractivity contribution in [1.82, 2.24) is 0 Å². The number of aryl methyl sites for hydroxylation is 2. The number of hydrogen-bond donors (Lipinski definition) is 1. The van der Waals surface area contributed by atoms with Crippen molar-refractivity contribution in [3.05, 3.63) is 63.7 Å². The highest BCUT2D eigenvalue weighted by Gasteiger charge is 2.13. The molecule has 2 aromatic rings. The molecule has 0 radical (unpaired) electrons. The quantitative estimate of drug-likeness (QED) is 0.380. The van der Waals surface area contributed by atoms with Crippen LogP contribution in [0.2, 0.25) is 5.02 Å². The van der Waals surface area contributed by atoms with Crippen LogP contribution in [0.3, 0.4) is 0 Å². The van der Waals surface area contributed by atoms with E-state index in [1.165, 1.54) is 0 Å². The summed E-state index contributed by atoms with van der Waals surface area (Å²) in [5.74, 6) is 0.278. The molecule has 0 fully saturated rings. The second-order valence-electron chi connectivity index (χ2n) is 6.33. The Hall–Kier alpha value is -2.77. The number of nitrogens with one attached hydrogen (secondary N) is 1. The second-order valence-corrected chi connectivity index (χ2v) is 6.74. The first kappa shape index (κ1) is 20.5. The first-order valence-corrected chi connectivity index (χ1v) is 9.25. The lowest BCUT2D eigenvalue weighted by atomic mass is 10.1. The molecule has 0 bridgehead atoms. The zero-order valence-electron chi connectivity index (χ0n) is 15.8. The number of hydrogen-bond acceptors (Lipinski definition) is 3. The molecule has 0 aliphatic rings. The number of amides is 1. The molecule has 5 heteroatoms. The third-order valence-electron chi connectivity index (χ3n) is 3.99. The van der Waals surface area contributed by atoms with E-state index in [1.54, 1.807) is 12.1 Å². The van der Waals surface area contributed by atoms with Gasteiger partial charge in [0.2, 0.25) is 0 Å². The maximum atomic E-state index is 12.5. The number of anilines is 1. The van der Waals surface area contributed by atoms with Crippen LogP contribution in [0.5, 0.6) is 5.75 Å². The van der Waals surface area contributed by atoms with Gasteiger partial charge in [0.15, 0.2) is 0 Å². The van der Waals surface area contributed by atoms with Gasteiger partial charge >= 0.3 is 0 Å². The van der Waals surface area contributed by atoms with Crippen LogP contribution >= 0.6 is 11.6 Å². The van der Waals surface area contributed by atoms with Crippen molar-refractivity contribution in [1.29, 1.82) is 5.26 Å². The lowest BCUT2D eigenvalue weighted by Crippen LogP contribution is -2.14. The molecule has 1 amide bonds. The minimum absolute atomic E-state index is 0.00527. The van der Waals surface area contributed by atoms with Gasteiger partial charge in [0.1, 0.15) is 17.4 Å². The van der Waals surface area contributed by atoms with Gasteiger partial charge in [-0.25, -0.2) is 0 Å². The fourth-order valence-electron chi connectivity index (χ4n) is 2.56. The first-order valence-electron chi connectivity index (χ1n) is 8.87. The SMILES string of the molecule is CCCCOc1ccc(/C=C(\C#N)C(=O)Nc2c(C)cc(C)cc2Cl)cc1. The summed E-state index contributed by atoms with van der Waals surface area (Å²) in [7, 11) is 0. The Morgan fingerprint density at radius 1 is 1.26 bits per heavy atom. The Morgan fingerprint density at radius 3 is 2.56 bits per heavy atom. The van der Waals surface area contributed by atoms with Crippen molar-refractivity contribution in [3.8, 4) is 11.8 Å². The molecule has 1 N–H and O–H groups in total. The Morgan fingerprint density at radius 2 is 1.96 bits per heavy atom. The van der Waals surface area contributed by atoms with Gasteiger partial charge in [0, 0.05) is 0 Å². The van der Waals surface area contributed by atoms with Crippen molar-refractivity contribution < 1.29 is 9.53 Å². The number of nitrogens with zero attached hydrogens (tertiary/aromatic N) is 1. The predicted octanol–water partition coefficient (Wildman–Crippen LogP) is 5.68. The van der Waals surface area contributed by atoms with Gasteiger partial charge in [-0.3, -0.25) is 4.79 Å². The molecule has 2 rings (SSSR count). The number of ether oxygens (including phenoxy) is 1. The van der Waals surface area contributed by atoms with E-state index in [2.05, 4.69) is 12.2 Å². The fraction of sp³-hybridized carbons (Fsp3) is 0.273. The average molecular weight is 383 g/mol. The first-order chi connectivity index (χ1) is 12.9. The minimum Gasteiger partial charge on any atom is -0.494 e. The van der Waals surface area contributed by atoms with E-state index < -0.39 is 5.91 Å². The van der Waals surface area contributed by atoms with E-state index >= 15 is 0 Å². The number of carbonyl (C=O) groups excluding carboxylic acids is 1. The standard InChI is InChI=1S/C22H23ClN2O2/c1-4-5-10-27-19-8-6-17(7-9-19)13-18(14-24)22(26)25-21-16(3)11-15(2)12-20(21)23/h6-9,11-13H,4-5,10H2,1-3H3,(H,25,26)/b18-13+. The zero-order chi connectivity index (χ0) is 19.8. The molecule has 27 heavy (non-hydrogen) atoms. The summed E-state index contributed by atoms with van der Waals surface area (Å²) < 4.78 is 5.62. The molecule has 4 nitrogen and oxygen atoms in total. The largest absolute Gasteiger partial charge is 0.494 e. The van der Waals surface area contributed by atoms with Crippen LogP contribution in [0.25, 0.3) is 6.08 Å². The van der Waals surface area contributed by atoms with Crippen molar-refractivity contribution in [3.63, 3.8) is 0 Å². The van der Waals surface area contributed by atoms with Crippen LogP contribution in [0.1, 0.15) is 36.5 Å². The number of benzene rings is 2. The minimum atomic E-state index is -0.491. The van der Waals surface area contributed by atoms with E-state index in [9.17, 15) is 10.1 Å². The third kappa shape index (κ3) is 5.87. The summed E-state index contributed by atoms with van der Waals surface area (Å²) in [5, 5.41) is 12.6. The van der Waals surface area contributed by atoms with Crippen LogP contribution in [0.4, 0.5) is 5.69 Å². The Kier molecular flexibility index (Phi) is 7.45. The summed E-state index contributed by atoms with van der Waals surface area (Å²) in [6.07, 6.45) is 3.62. The van der Waals surface area contributed by atoms with Crippen molar-refractivity contribution >= 4 is 29.3 Å². The highest BCUT2D eigenvalue weighted by atomic mass is 35.5. The second kappa shape index (κ2) is 9.80. The van der Waals surface area contributed by atoms with Gasteiger partial charge in [0.05, 0.1) is 17.3 Å². The topological polar surface area (TPSA) is 62.1 Å². The van der Waals surface area contributed by atoms with Crippen molar-refractivity contribution in [2.45, 2.75) is 33.6 Å². The van der Waals surface area contributed by atoms with Gasteiger partial charge in [-0.15, -0.1) is 0 Å². The summed E-state index contributed by atoms with van der Waals surface area (Å²) in [6.45, 7) is 6.58. The van der Waals surface area contributed by atoms with Gasteiger partial charge < -0.3 is 10.1 Å². The van der Waals surface area contributed by atoms with Gasteiger partial charge in [-0.2, -0.15) is 5.26 Å². The van der Waals surface area contributed by atoms with Crippen LogP contribution in [-0.4, -0.2) is 12.5 Å². The molecule has 0 aliphatic carbocycles. The van der Waals surface area contributed by atoms with E-state index in [0.717, 1.165) is 35.3 Å². The molecular formula is C22H23ClN2O2. The van der Waals surface area contributed by atoms with Crippen molar-refractivity contribution in [2.75, 3.05) is 11.9 Å². The van der Waals surface area contributed by atoms with Crippen molar-refractivity contribution in [2.24, 2.45) is 0 Å². The lowest BCUT2D eigenvalue weighted by Gasteiger charge is -2.11. The molecule has 0 saturated heterocycles. The average Bonchev–Trinajstić information content (AvgIpc) is 2.64. The van der Waals surface area contributed by atoms with Crippen LogP contribution in [0, 0.1) is 25.2 Å². The molecular weight excluding hydrogens is 360 g/mol. The van der Waals surface area contributed by atoms with Gasteiger partial charge in [-0.1, -0.05) is 43.1 Å². The van der Waals surface area contributed by atoms with Crippen LogP contribution in [0.15, 0.2) is 42.0 Å². The van der Waals surface area contributed by atoms with Gasteiger partial charge in [-0.05, 0) is 61.2 Å². The molecule has 0 spiro atoms. The smallest absolute Gasteiger partial charge is 0.266 e. The zero-order valence-corrected chi connectivity index (χ0v) is 16.6. The number of nitriles is 1. The molecule has 0 atom stereocenters. The van der Waals surface area contributed by atoms with E-state index in [1.807, 2.05) is 50.2 Å². The predicted molar refractivity (Wildman–Crippen MR) is 110 cm³/mol. The maximum absolute atomic E-state index is 12.5.